The van der Waals surface area contributed by atoms with Gasteiger partial charge in [0.1, 0.15) is 5.82 Å². The molecule has 2 rings (SSSR count). The lowest BCUT2D eigenvalue weighted by Gasteiger charge is -2.21. The lowest BCUT2D eigenvalue weighted by atomic mass is 9.89. The van der Waals surface area contributed by atoms with E-state index in [2.05, 4.69) is 20.5 Å². The number of hydrogen-bond donors (Lipinski definition) is 2. The highest BCUT2D eigenvalue weighted by molar-refractivity contribution is 5.90. The second kappa shape index (κ2) is 5.80. The van der Waals surface area contributed by atoms with Crippen LogP contribution in [0.2, 0.25) is 0 Å². The Morgan fingerprint density at radius 1 is 1.41 bits per heavy atom. The van der Waals surface area contributed by atoms with Crippen molar-refractivity contribution in [1.29, 1.82) is 0 Å². The molecule has 0 saturated heterocycles. The van der Waals surface area contributed by atoms with Crippen molar-refractivity contribution in [3.63, 3.8) is 0 Å². The second-order valence-electron chi connectivity index (χ2n) is 4.67. The molecule has 1 aliphatic rings. The number of carbonyl (C=O) groups is 1. The number of H-pyrrole nitrogens is 1. The maximum atomic E-state index is 11.8. The normalized spacial score (nSPS) is 17.0. The van der Waals surface area contributed by atoms with Crippen LogP contribution in [0.1, 0.15) is 55.5 Å². The van der Waals surface area contributed by atoms with E-state index in [1.165, 1.54) is 32.1 Å². The zero-order chi connectivity index (χ0) is 12.1. The summed E-state index contributed by atoms with van der Waals surface area (Å²) in [6.45, 7) is 2.74. The van der Waals surface area contributed by atoms with E-state index in [-0.39, 0.29) is 11.7 Å². The molecule has 1 aromatic rings. The first-order chi connectivity index (χ1) is 8.29. The molecule has 0 aromatic carbocycles. The third kappa shape index (κ3) is 3.28. The second-order valence-corrected chi connectivity index (χ2v) is 4.67. The third-order valence-electron chi connectivity index (χ3n) is 3.35. The van der Waals surface area contributed by atoms with Gasteiger partial charge in [0, 0.05) is 13.0 Å². The first kappa shape index (κ1) is 12.1. The van der Waals surface area contributed by atoms with E-state index in [9.17, 15) is 4.79 Å². The molecule has 0 spiro atoms. The molecule has 1 aliphatic carbocycles. The number of nitrogens with one attached hydrogen (secondary N) is 2. The van der Waals surface area contributed by atoms with Crippen molar-refractivity contribution < 1.29 is 4.79 Å². The molecule has 5 heteroatoms. The molecule has 0 unspecified atom stereocenters. The van der Waals surface area contributed by atoms with Gasteiger partial charge in [-0.15, -0.1) is 5.10 Å². The van der Waals surface area contributed by atoms with Crippen LogP contribution in [-0.4, -0.2) is 27.6 Å². The Bertz CT molecular complexity index is 368. The Morgan fingerprint density at radius 3 is 2.82 bits per heavy atom. The van der Waals surface area contributed by atoms with Crippen LogP contribution < -0.4 is 5.32 Å². The van der Waals surface area contributed by atoms with Gasteiger partial charge in [-0.05, 0) is 18.8 Å². The molecule has 0 aliphatic heterocycles. The third-order valence-corrected chi connectivity index (χ3v) is 3.35. The van der Waals surface area contributed by atoms with Crippen LogP contribution in [-0.2, 0) is 6.42 Å². The van der Waals surface area contributed by atoms with Gasteiger partial charge in [0.25, 0.3) is 5.91 Å². The van der Waals surface area contributed by atoms with Gasteiger partial charge in [0.15, 0.2) is 0 Å². The molecule has 0 radical (unpaired) electrons. The molecule has 17 heavy (non-hydrogen) atoms. The van der Waals surface area contributed by atoms with Gasteiger partial charge in [-0.2, -0.15) is 0 Å². The summed E-state index contributed by atoms with van der Waals surface area (Å²) in [4.78, 5) is 15.9. The average Bonchev–Trinajstić information content (AvgIpc) is 2.86. The van der Waals surface area contributed by atoms with Crippen LogP contribution >= 0.6 is 0 Å². The largest absolute Gasteiger partial charge is 0.349 e. The minimum atomic E-state index is -0.161. The number of aromatic amines is 1. The smallest absolute Gasteiger partial charge is 0.290 e. The number of carbonyl (C=O) groups excluding carboxylic acids is 1. The molecule has 1 saturated carbocycles. The summed E-state index contributed by atoms with van der Waals surface area (Å²) in [5, 5.41) is 9.58. The van der Waals surface area contributed by atoms with Crippen molar-refractivity contribution in [2.45, 2.75) is 45.4 Å². The predicted molar refractivity (Wildman–Crippen MR) is 64.7 cm³/mol. The summed E-state index contributed by atoms with van der Waals surface area (Å²) in [7, 11) is 0. The van der Waals surface area contributed by atoms with Gasteiger partial charge in [-0.3, -0.25) is 9.89 Å². The van der Waals surface area contributed by atoms with E-state index in [0.717, 1.165) is 18.8 Å². The number of amides is 1. The van der Waals surface area contributed by atoms with Gasteiger partial charge in [-0.1, -0.05) is 26.2 Å². The predicted octanol–water partition coefficient (Wildman–Crippen LogP) is 1.68. The quantitative estimate of drug-likeness (QED) is 0.835. The van der Waals surface area contributed by atoms with Crippen molar-refractivity contribution in [3.05, 3.63) is 11.6 Å². The Hall–Kier alpha value is -1.39. The first-order valence-corrected chi connectivity index (χ1v) is 6.49. The fourth-order valence-corrected chi connectivity index (χ4v) is 2.26. The maximum Gasteiger partial charge on any atom is 0.290 e. The van der Waals surface area contributed by atoms with Crippen molar-refractivity contribution in [2.75, 3.05) is 6.54 Å². The van der Waals surface area contributed by atoms with E-state index < -0.39 is 0 Å². The summed E-state index contributed by atoms with van der Waals surface area (Å²) in [6.07, 6.45) is 7.15. The monoisotopic (exact) mass is 236 g/mol. The van der Waals surface area contributed by atoms with Crippen molar-refractivity contribution >= 4 is 5.91 Å². The first-order valence-electron chi connectivity index (χ1n) is 6.49. The topological polar surface area (TPSA) is 70.7 Å². The van der Waals surface area contributed by atoms with Crippen molar-refractivity contribution in [2.24, 2.45) is 5.92 Å². The number of aromatic nitrogens is 3. The minimum Gasteiger partial charge on any atom is -0.349 e. The molecule has 5 nitrogen and oxygen atoms in total. The molecule has 94 valence electrons. The highest BCUT2D eigenvalue weighted by Crippen LogP contribution is 2.22. The zero-order valence-corrected chi connectivity index (χ0v) is 10.3. The Balaban J connectivity index is 1.80. The number of aryl methyl sites for hydroxylation is 1. The summed E-state index contributed by atoms with van der Waals surface area (Å²) in [5.41, 5.74) is 0. The molecule has 0 bridgehead atoms. The van der Waals surface area contributed by atoms with E-state index >= 15 is 0 Å². The number of nitrogens with zero attached hydrogens (tertiary/aromatic N) is 2. The van der Waals surface area contributed by atoms with Gasteiger partial charge < -0.3 is 5.32 Å². The van der Waals surface area contributed by atoms with Crippen LogP contribution in [0, 0.1) is 5.92 Å². The molecular formula is C12H20N4O. The molecule has 1 fully saturated rings. The lowest BCUT2D eigenvalue weighted by Crippen LogP contribution is -2.31. The standard InChI is InChI=1S/C12H20N4O/c1-2-10-14-11(16-15-10)12(17)13-8-9-6-4-3-5-7-9/h9H,2-8H2,1H3,(H,13,17)(H,14,15,16). The van der Waals surface area contributed by atoms with Crippen LogP contribution in [0.3, 0.4) is 0 Å². The summed E-state index contributed by atoms with van der Waals surface area (Å²) < 4.78 is 0. The number of rotatable bonds is 4. The average molecular weight is 236 g/mol. The molecule has 2 N–H and O–H groups in total. The van der Waals surface area contributed by atoms with E-state index in [0.29, 0.717) is 5.92 Å². The molecule has 1 amide bonds. The number of hydrogen-bond acceptors (Lipinski definition) is 3. The summed E-state index contributed by atoms with van der Waals surface area (Å²) >= 11 is 0. The zero-order valence-electron chi connectivity index (χ0n) is 10.3. The lowest BCUT2D eigenvalue weighted by molar-refractivity contribution is 0.0933. The molecule has 1 heterocycles. The molecular weight excluding hydrogens is 216 g/mol. The van der Waals surface area contributed by atoms with Gasteiger partial charge in [0.2, 0.25) is 5.82 Å². The summed E-state index contributed by atoms with van der Waals surface area (Å²) in [6, 6.07) is 0. The molecule has 1 aromatic heterocycles. The van der Waals surface area contributed by atoms with Crippen molar-refractivity contribution in [3.8, 4) is 0 Å². The van der Waals surface area contributed by atoms with E-state index in [1.54, 1.807) is 0 Å². The fraction of sp³-hybridized carbons (Fsp3) is 0.750. The maximum absolute atomic E-state index is 11.8. The van der Waals surface area contributed by atoms with E-state index in [1.807, 2.05) is 6.92 Å². The van der Waals surface area contributed by atoms with Crippen LogP contribution in [0.4, 0.5) is 0 Å². The van der Waals surface area contributed by atoms with Crippen LogP contribution in [0.25, 0.3) is 0 Å². The van der Waals surface area contributed by atoms with Gasteiger partial charge >= 0.3 is 0 Å². The highest BCUT2D eigenvalue weighted by atomic mass is 16.2. The SMILES string of the molecule is CCc1nc(C(=O)NCC2CCCCC2)n[nH]1. The molecule has 0 atom stereocenters. The fourth-order valence-electron chi connectivity index (χ4n) is 2.26. The minimum absolute atomic E-state index is 0.161. The van der Waals surface area contributed by atoms with Crippen LogP contribution in [0.15, 0.2) is 0 Å². The Labute approximate surface area is 101 Å². The summed E-state index contributed by atoms with van der Waals surface area (Å²) in [5.74, 6) is 1.49. The van der Waals surface area contributed by atoms with Crippen LogP contribution in [0.5, 0.6) is 0 Å². The van der Waals surface area contributed by atoms with Gasteiger partial charge in [-0.25, -0.2) is 4.98 Å². The highest BCUT2D eigenvalue weighted by Gasteiger charge is 2.16. The van der Waals surface area contributed by atoms with Crippen molar-refractivity contribution in [1.82, 2.24) is 20.5 Å². The van der Waals surface area contributed by atoms with Gasteiger partial charge in [0.05, 0.1) is 0 Å². The van der Waals surface area contributed by atoms with E-state index in [4.69, 9.17) is 0 Å². The Kier molecular flexibility index (Phi) is 4.12. The Morgan fingerprint density at radius 2 is 2.18 bits per heavy atom.